The number of benzene rings is 2. The second-order valence-corrected chi connectivity index (χ2v) is 7.19. The lowest BCUT2D eigenvalue weighted by atomic mass is 10.1. The molecular formula is C17H19FN2O4S. The molecule has 2 rings (SSSR count). The van der Waals surface area contributed by atoms with Gasteiger partial charge in [0.25, 0.3) is 15.9 Å². The molecule has 8 heteroatoms. The molecule has 2 aromatic carbocycles. The van der Waals surface area contributed by atoms with E-state index in [2.05, 4.69) is 5.43 Å². The highest BCUT2D eigenvalue weighted by Crippen LogP contribution is 2.21. The van der Waals surface area contributed by atoms with Crippen LogP contribution < -0.4 is 15.0 Å². The van der Waals surface area contributed by atoms with Crippen molar-refractivity contribution in [1.82, 2.24) is 10.3 Å². The topological polar surface area (TPSA) is 84.5 Å². The minimum Gasteiger partial charge on any atom is -0.481 e. The smallest absolute Gasteiger partial charge is 0.275 e. The summed E-state index contributed by atoms with van der Waals surface area (Å²) in [6.45, 7) is 5.29. The number of aryl methyl sites for hydroxylation is 1. The van der Waals surface area contributed by atoms with E-state index in [0.717, 1.165) is 35.4 Å². The number of halogens is 1. The SMILES string of the molecule is Cc1cccc(O[C@@H](C)C(=O)NNS(=O)(=O)c2ccc(F)cc2)c1C. The van der Waals surface area contributed by atoms with Gasteiger partial charge in [0.15, 0.2) is 6.10 Å². The Kier molecular flexibility index (Phi) is 5.76. The van der Waals surface area contributed by atoms with E-state index >= 15 is 0 Å². The van der Waals surface area contributed by atoms with Gasteiger partial charge >= 0.3 is 0 Å². The molecule has 0 saturated carbocycles. The maximum Gasteiger partial charge on any atom is 0.275 e. The minimum absolute atomic E-state index is 0.169. The highest BCUT2D eigenvalue weighted by molar-refractivity contribution is 7.89. The molecule has 1 atom stereocenters. The fourth-order valence-electron chi connectivity index (χ4n) is 1.99. The molecule has 0 heterocycles. The van der Waals surface area contributed by atoms with E-state index in [1.54, 1.807) is 12.1 Å². The van der Waals surface area contributed by atoms with Gasteiger partial charge in [-0.15, -0.1) is 4.83 Å². The van der Waals surface area contributed by atoms with Crippen molar-refractivity contribution >= 4 is 15.9 Å². The van der Waals surface area contributed by atoms with Gasteiger partial charge in [0.2, 0.25) is 0 Å². The molecule has 0 aromatic heterocycles. The summed E-state index contributed by atoms with van der Waals surface area (Å²) >= 11 is 0. The molecule has 0 unspecified atom stereocenters. The molecule has 0 spiro atoms. The Morgan fingerprint density at radius 3 is 2.40 bits per heavy atom. The van der Waals surface area contributed by atoms with Crippen LogP contribution in [0.5, 0.6) is 5.75 Å². The lowest BCUT2D eigenvalue weighted by Crippen LogP contribution is -2.47. The quantitative estimate of drug-likeness (QED) is 0.768. The molecule has 0 aliphatic heterocycles. The van der Waals surface area contributed by atoms with Crippen LogP contribution in [0.1, 0.15) is 18.1 Å². The van der Waals surface area contributed by atoms with E-state index in [-0.39, 0.29) is 4.90 Å². The number of nitrogens with one attached hydrogen (secondary N) is 2. The summed E-state index contributed by atoms with van der Waals surface area (Å²) in [7, 11) is -4.00. The summed E-state index contributed by atoms with van der Waals surface area (Å²) in [5, 5.41) is 0. The zero-order valence-corrected chi connectivity index (χ0v) is 14.9. The summed E-state index contributed by atoms with van der Waals surface area (Å²) in [6.07, 6.45) is -0.920. The van der Waals surface area contributed by atoms with Crippen molar-refractivity contribution < 1.29 is 22.3 Å². The van der Waals surface area contributed by atoms with Gasteiger partial charge in [-0.3, -0.25) is 10.2 Å². The third kappa shape index (κ3) is 4.77. The van der Waals surface area contributed by atoms with Crippen molar-refractivity contribution in [1.29, 1.82) is 0 Å². The molecular weight excluding hydrogens is 347 g/mol. The number of carbonyl (C=O) groups is 1. The van der Waals surface area contributed by atoms with Crippen molar-refractivity contribution in [2.24, 2.45) is 0 Å². The van der Waals surface area contributed by atoms with Crippen molar-refractivity contribution in [3.63, 3.8) is 0 Å². The fraction of sp³-hybridized carbons (Fsp3) is 0.235. The number of hydrogen-bond acceptors (Lipinski definition) is 4. The van der Waals surface area contributed by atoms with E-state index in [4.69, 9.17) is 4.74 Å². The Hall–Kier alpha value is -2.45. The van der Waals surface area contributed by atoms with E-state index in [0.29, 0.717) is 5.75 Å². The van der Waals surface area contributed by atoms with Gasteiger partial charge < -0.3 is 4.74 Å². The Labute approximate surface area is 146 Å². The van der Waals surface area contributed by atoms with Crippen LogP contribution in [-0.4, -0.2) is 20.4 Å². The Morgan fingerprint density at radius 1 is 1.12 bits per heavy atom. The number of hydrogen-bond donors (Lipinski definition) is 2. The zero-order chi connectivity index (χ0) is 18.6. The Balaban J connectivity index is 1.99. The third-order valence-electron chi connectivity index (χ3n) is 3.66. The molecule has 0 aliphatic carbocycles. The molecule has 6 nitrogen and oxygen atoms in total. The molecule has 0 saturated heterocycles. The van der Waals surface area contributed by atoms with E-state index in [9.17, 15) is 17.6 Å². The van der Waals surface area contributed by atoms with Crippen molar-refractivity contribution in [3.8, 4) is 5.75 Å². The molecule has 2 aromatic rings. The molecule has 1 amide bonds. The molecule has 0 radical (unpaired) electrons. The first-order valence-electron chi connectivity index (χ1n) is 7.51. The fourth-order valence-corrected chi connectivity index (χ4v) is 2.83. The average molecular weight is 366 g/mol. The Bertz CT molecular complexity index is 867. The highest BCUT2D eigenvalue weighted by atomic mass is 32.2. The number of amides is 1. The van der Waals surface area contributed by atoms with Gasteiger partial charge in [-0.1, -0.05) is 12.1 Å². The molecule has 0 bridgehead atoms. The highest BCUT2D eigenvalue weighted by Gasteiger charge is 2.20. The van der Waals surface area contributed by atoms with Crippen molar-refractivity contribution in [3.05, 3.63) is 59.4 Å². The number of ether oxygens (including phenoxy) is 1. The van der Waals surface area contributed by atoms with Gasteiger partial charge in [0.05, 0.1) is 4.90 Å². The van der Waals surface area contributed by atoms with Crippen LogP contribution in [0.25, 0.3) is 0 Å². The maximum atomic E-state index is 12.9. The second kappa shape index (κ2) is 7.62. The van der Waals surface area contributed by atoms with Crippen LogP contribution in [0.15, 0.2) is 47.4 Å². The minimum atomic E-state index is -4.00. The van der Waals surface area contributed by atoms with Crippen LogP contribution in [0.2, 0.25) is 0 Å². The van der Waals surface area contributed by atoms with Gasteiger partial charge in [0, 0.05) is 0 Å². The summed E-state index contributed by atoms with van der Waals surface area (Å²) in [5.74, 6) is -0.672. The first-order chi connectivity index (χ1) is 11.7. The molecule has 134 valence electrons. The average Bonchev–Trinajstić information content (AvgIpc) is 2.57. The summed E-state index contributed by atoms with van der Waals surface area (Å²) in [6, 6.07) is 9.68. The number of rotatable bonds is 6. The zero-order valence-electron chi connectivity index (χ0n) is 14.0. The van der Waals surface area contributed by atoms with E-state index in [1.807, 2.05) is 24.7 Å². The lowest BCUT2D eigenvalue weighted by molar-refractivity contribution is -0.127. The van der Waals surface area contributed by atoms with Gasteiger partial charge in [-0.25, -0.2) is 12.8 Å². The molecule has 0 aliphatic rings. The molecule has 25 heavy (non-hydrogen) atoms. The maximum absolute atomic E-state index is 12.9. The standard InChI is InChI=1S/C17H19FN2O4S/c1-11-5-4-6-16(12(11)2)24-13(3)17(21)19-20-25(22,23)15-9-7-14(18)8-10-15/h4-10,13,20H,1-3H3,(H,19,21)/t13-/m0/s1. The largest absolute Gasteiger partial charge is 0.481 e. The van der Waals surface area contributed by atoms with Crippen LogP contribution in [-0.2, 0) is 14.8 Å². The van der Waals surface area contributed by atoms with Gasteiger partial charge in [-0.05, 0) is 62.2 Å². The first-order valence-corrected chi connectivity index (χ1v) is 8.99. The van der Waals surface area contributed by atoms with Crippen molar-refractivity contribution in [2.45, 2.75) is 31.8 Å². The van der Waals surface area contributed by atoms with E-state index in [1.165, 1.54) is 6.92 Å². The molecule has 0 fully saturated rings. The van der Waals surface area contributed by atoms with Gasteiger partial charge in [-0.2, -0.15) is 0 Å². The predicted octanol–water partition coefficient (Wildman–Crippen LogP) is 2.22. The van der Waals surface area contributed by atoms with Crippen LogP contribution in [0.4, 0.5) is 4.39 Å². The molecule has 2 N–H and O–H groups in total. The second-order valence-electron chi connectivity index (χ2n) is 5.51. The van der Waals surface area contributed by atoms with Crippen LogP contribution in [0.3, 0.4) is 0 Å². The summed E-state index contributed by atoms with van der Waals surface area (Å²) in [4.78, 5) is 13.8. The normalized spacial score (nSPS) is 12.5. The van der Waals surface area contributed by atoms with Crippen LogP contribution >= 0.6 is 0 Å². The first kappa shape index (κ1) is 18.9. The van der Waals surface area contributed by atoms with E-state index < -0.39 is 27.9 Å². The third-order valence-corrected chi connectivity index (χ3v) is 4.92. The summed E-state index contributed by atoms with van der Waals surface area (Å²) in [5.41, 5.74) is 4.01. The predicted molar refractivity (Wildman–Crippen MR) is 90.9 cm³/mol. The number of sulfonamides is 1. The number of hydrazine groups is 1. The monoisotopic (exact) mass is 366 g/mol. The van der Waals surface area contributed by atoms with Crippen LogP contribution in [0, 0.1) is 19.7 Å². The lowest BCUT2D eigenvalue weighted by Gasteiger charge is -2.17. The van der Waals surface area contributed by atoms with Gasteiger partial charge in [0.1, 0.15) is 11.6 Å². The number of carbonyl (C=O) groups excluding carboxylic acids is 1. The summed E-state index contributed by atoms with van der Waals surface area (Å²) < 4.78 is 42.5. The van der Waals surface area contributed by atoms with Crippen molar-refractivity contribution in [2.75, 3.05) is 0 Å². The Morgan fingerprint density at radius 2 is 1.76 bits per heavy atom.